The lowest BCUT2D eigenvalue weighted by Crippen LogP contribution is -2.42. The molecule has 0 unspecified atom stereocenters. The standard InChI is InChI=1S/C16H24N4O2S/c17-16(20-5-9-23-10-6-20)19-12-13-1-4-18-15(11-13)22-14-2-7-21-8-3-14/h1,4,11,14H,2-3,5-10,12H2,(H2,17,19). The van der Waals surface area contributed by atoms with Crippen LogP contribution in [0, 0.1) is 0 Å². The van der Waals surface area contributed by atoms with Crippen LogP contribution >= 0.6 is 11.8 Å². The van der Waals surface area contributed by atoms with Gasteiger partial charge in [0.2, 0.25) is 5.88 Å². The number of aliphatic imine (C=N–C) groups is 1. The Morgan fingerprint density at radius 3 is 2.96 bits per heavy atom. The molecule has 1 aromatic heterocycles. The number of hydrogen-bond donors (Lipinski definition) is 1. The number of ether oxygens (including phenoxy) is 2. The quantitative estimate of drug-likeness (QED) is 0.664. The van der Waals surface area contributed by atoms with Gasteiger partial charge in [0.25, 0.3) is 0 Å². The van der Waals surface area contributed by atoms with Crippen LogP contribution < -0.4 is 10.5 Å². The predicted octanol–water partition coefficient (Wildman–Crippen LogP) is 1.50. The van der Waals surface area contributed by atoms with E-state index in [-0.39, 0.29) is 6.10 Å². The van der Waals surface area contributed by atoms with Crippen LogP contribution in [0.3, 0.4) is 0 Å². The number of guanidine groups is 1. The van der Waals surface area contributed by atoms with E-state index >= 15 is 0 Å². The van der Waals surface area contributed by atoms with Gasteiger partial charge in [0.05, 0.1) is 19.8 Å². The van der Waals surface area contributed by atoms with E-state index in [1.54, 1.807) is 6.20 Å². The highest BCUT2D eigenvalue weighted by atomic mass is 32.2. The van der Waals surface area contributed by atoms with Crippen molar-refractivity contribution < 1.29 is 9.47 Å². The number of hydrogen-bond acceptors (Lipinski definition) is 5. The molecule has 2 saturated heterocycles. The van der Waals surface area contributed by atoms with Crippen LogP contribution in [0.25, 0.3) is 0 Å². The average Bonchev–Trinajstić information content (AvgIpc) is 2.62. The zero-order valence-corrected chi connectivity index (χ0v) is 14.1. The molecule has 0 aliphatic carbocycles. The Bertz CT molecular complexity index is 529. The third kappa shape index (κ3) is 5.00. The van der Waals surface area contributed by atoms with Crippen LogP contribution in [0.4, 0.5) is 0 Å². The summed E-state index contributed by atoms with van der Waals surface area (Å²) in [6.07, 6.45) is 3.81. The molecule has 3 rings (SSSR count). The molecule has 3 heterocycles. The van der Waals surface area contributed by atoms with E-state index < -0.39 is 0 Å². The second kappa shape index (κ2) is 8.40. The number of thioether (sulfide) groups is 1. The normalized spacial score (nSPS) is 20.5. The molecule has 0 saturated carbocycles. The van der Waals surface area contributed by atoms with Gasteiger partial charge >= 0.3 is 0 Å². The van der Waals surface area contributed by atoms with Crippen molar-refractivity contribution in [3.8, 4) is 5.88 Å². The minimum Gasteiger partial charge on any atom is -0.474 e. The zero-order chi connectivity index (χ0) is 15.9. The van der Waals surface area contributed by atoms with Gasteiger partial charge in [-0.3, -0.25) is 0 Å². The van der Waals surface area contributed by atoms with Crippen molar-refractivity contribution in [2.24, 2.45) is 10.7 Å². The molecule has 2 N–H and O–H groups in total. The number of nitrogens with two attached hydrogens (primary N) is 1. The highest BCUT2D eigenvalue weighted by Gasteiger charge is 2.16. The lowest BCUT2D eigenvalue weighted by Gasteiger charge is -2.27. The third-order valence-electron chi connectivity index (χ3n) is 4.01. The van der Waals surface area contributed by atoms with Crippen LogP contribution in [0.1, 0.15) is 18.4 Å². The Morgan fingerprint density at radius 2 is 2.17 bits per heavy atom. The average molecular weight is 336 g/mol. The van der Waals surface area contributed by atoms with E-state index in [9.17, 15) is 0 Å². The summed E-state index contributed by atoms with van der Waals surface area (Å²) in [4.78, 5) is 11.0. The molecule has 23 heavy (non-hydrogen) atoms. The molecular formula is C16H24N4O2S. The predicted molar refractivity (Wildman–Crippen MR) is 92.9 cm³/mol. The highest BCUT2D eigenvalue weighted by Crippen LogP contribution is 2.17. The summed E-state index contributed by atoms with van der Waals surface area (Å²) in [7, 11) is 0. The second-order valence-corrected chi connectivity index (χ2v) is 6.93. The van der Waals surface area contributed by atoms with E-state index in [4.69, 9.17) is 15.2 Å². The maximum Gasteiger partial charge on any atom is 0.213 e. The molecule has 1 aromatic rings. The maximum atomic E-state index is 6.09. The summed E-state index contributed by atoms with van der Waals surface area (Å²) in [6, 6.07) is 3.91. The maximum absolute atomic E-state index is 6.09. The summed E-state index contributed by atoms with van der Waals surface area (Å²) < 4.78 is 11.3. The van der Waals surface area contributed by atoms with Crippen molar-refractivity contribution in [3.63, 3.8) is 0 Å². The van der Waals surface area contributed by atoms with Crippen LogP contribution in [-0.4, -0.2) is 59.8 Å². The fourth-order valence-electron chi connectivity index (χ4n) is 2.64. The molecule has 0 aromatic carbocycles. The van der Waals surface area contributed by atoms with Crippen molar-refractivity contribution in [1.29, 1.82) is 0 Å². The van der Waals surface area contributed by atoms with Crippen molar-refractivity contribution >= 4 is 17.7 Å². The van der Waals surface area contributed by atoms with Crippen molar-refractivity contribution in [2.45, 2.75) is 25.5 Å². The smallest absolute Gasteiger partial charge is 0.213 e. The molecule has 0 amide bonds. The topological polar surface area (TPSA) is 73.0 Å². The minimum atomic E-state index is 0.200. The van der Waals surface area contributed by atoms with E-state index in [0.717, 1.165) is 56.2 Å². The summed E-state index contributed by atoms with van der Waals surface area (Å²) in [6.45, 7) is 4.05. The molecule has 6 nitrogen and oxygen atoms in total. The van der Waals surface area contributed by atoms with Gasteiger partial charge in [-0.2, -0.15) is 11.8 Å². The first kappa shape index (κ1) is 16.4. The fraction of sp³-hybridized carbons (Fsp3) is 0.625. The number of rotatable bonds is 4. The minimum absolute atomic E-state index is 0.200. The lowest BCUT2D eigenvalue weighted by atomic mass is 10.1. The molecular weight excluding hydrogens is 312 g/mol. The number of nitrogens with zero attached hydrogens (tertiary/aromatic N) is 3. The SMILES string of the molecule is NC(=NCc1ccnc(OC2CCOCC2)c1)N1CCSCC1. The van der Waals surface area contributed by atoms with Gasteiger partial charge < -0.3 is 20.1 Å². The van der Waals surface area contributed by atoms with Gasteiger partial charge in [-0.05, 0) is 11.6 Å². The number of pyridine rings is 1. The van der Waals surface area contributed by atoms with E-state index in [1.165, 1.54) is 0 Å². The third-order valence-corrected chi connectivity index (χ3v) is 4.96. The summed E-state index contributed by atoms with van der Waals surface area (Å²) in [5.41, 5.74) is 7.16. The molecule has 2 aliphatic heterocycles. The Kier molecular flexibility index (Phi) is 5.99. The lowest BCUT2D eigenvalue weighted by molar-refractivity contribution is 0.0237. The molecule has 0 spiro atoms. The Labute approximate surface area is 141 Å². The first-order chi connectivity index (χ1) is 11.3. The van der Waals surface area contributed by atoms with Crippen LogP contribution in [0.2, 0.25) is 0 Å². The molecule has 0 radical (unpaired) electrons. The van der Waals surface area contributed by atoms with E-state index in [2.05, 4.69) is 14.9 Å². The van der Waals surface area contributed by atoms with Crippen molar-refractivity contribution in [3.05, 3.63) is 23.9 Å². The van der Waals surface area contributed by atoms with Crippen molar-refractivity contribution in [1.82, 2.24) is 9.88 Å². The first-order valence-electron chi connectivity index (χ1n) is 8.13. The largest absolute Gasteiger partial charge is 0.474 e. The van der Waals surface area contributed by atoms with Gasteiger partial charge in [0, 0.05) is 49.7 Å². The second-order valence-electron chi connectivity index (χ2n) is 5.71. The monoisotopic (exact) mass is 336 g/mol. The Morgan fingerprint density at radius 1 is 1.39 bits per heavy atom. The summed E-state index contributed by atoms with van der Waals surface area (Å²) >= 11 is 1.96. The molecule has 0 bridgehead atoms. The Hall–Kier alpha value is -1.47. The fourth-order valence-corrected chi connectivity index (χ4v) is 3.55. The van der Waals surface area contributed by atoms with E-state index in [0.29, 0.717) is 18.4 Å². The van der Waals surface area contributed by atoms with Crippen LogP contribution in [0.5, 0.6) is 5.88 Å². The van der Waals surface area contributed by atoms with Gasteiger partial charge in [-0.15, -0.1) is 0 Å². The molecule has 0 atom stereocenters. The van der Waals surface area contributed by atoms with Crippen molar-refractivity contribution in [2.75, 3.05) is 37.8 Å². The summed E-state index contributed by atoms with van der Waals surface area (Å²) in [5.74, 6) is 3.54. The van der Waals surface area contributed by atoms with Gasteiger partial charge in [-0.1, -0.05) is 0 Å². The van der Waals surface area contributed by atoms with Gasteiger partial charge in [0.1, 0.15) is 6.10 Å². The highest BCUT2D eigenvalue weighted by molar-refractivity contribution is 7.99. The van der Waals surface area contributed by atoms with E-state index in [1.807, 2.05) is 23.9 Å². The molecule has 7 heteroatoms. The first-order valence-corrected chi connectivity index (χ1v) is 9.29. The molecule has 126 valence electrons. The summed E-state index contributed by atoms with van der Waals surface area (Å²) in [5, 5.41) is 0. The van der Waals surface area contributed by atoms with Crippen LogP contribution in [0.15, 0.2) is 23.3 Å². The Balaban J connectivity index is 1.56. The van der Waals surface area contributed by atoms with Gasteiger partial charge in [0.15, 0.2) is 5.96 Å². The number of aromatic nitrogens is 1. The van der Waals surface area contributed by atoms with Gasteiger partial charge in [-0.25, -0.2) is 9.98 Å². The molecule has 2 fully saturated rings. The van der Waals surface area contributed by atoms with Crippen LogP contribution in [-0.2, 0) is 11.3 Å². The molecule has 2 aliphatic rings. The zero-order valence-electron chi connectivity index (χ0n) is 13.3.